The molecule has 2 aromatic carbocycles. The standard InChI is InChI=1S/C19H20FN/c1-15-13-21(14-16-5-3-2-4-6-16)12-11-19(15)17-7-9-18(20)10-8-17/h2-11,15H,12-14H2,1H3/t15-/m1/s1. The Kier molecular flexibility index (Phi) is 4.16. The van der Waals surface area contributed by atoms with E-state index in [1.54, 1.807) is 12.1 Å². The Morgan fingerprint density at radius 2 is 1.76 bits per heavy atom. The molecule has 0 aliphatic carbocycles. The first-order valence-corrected chi connectivity index (χ1v) is 7.44. The summed E-state index contributed by atoms with van der Waals surface area (Å²) in [7, 11) is 0. The number of halogens is 1. The molecule has 2 heteroatoms. The summed E-state index contributed by atoms with van der Waals surface area (Å²) in [6.07, 6.45) is 2.28. The highest BCUT2D eigenvalue weighted by molar-refractivity contribution is 5.68. The van der Waals surface area contributed by atoms with Crippen molar-refractivity contribution in [3.63, 3.8) is 0 Å². The van der Waals surface area contributed by atoms with Gasteiger partial charge in [0, 0.05) is 19.6 Å². The van der Waals surface area contributed by atoms with E-state index in [0.29, 0.717) is 5.92 Å². The molecule has 0 saturated carbocycles. The van der Waals surface area contributed by atoms with E-state index in [4.69, 9.17) is 0 Å². The van der Waals surface area contributed by atoms with E-state index in [0.717, 1.165) is 25.2 Å². The van der Waals surface area contributed by atoms with E-state index in [2.05, 4.69) is 48.2 Å². The van der Waals surface area contributed by atoms with E-state index in [-0.39, 0.29) is 5.82 Å². The van der Waals surface area contributed by atoms with Gasteiger partial charge < -0.3 is 0 Å². The van der Waals surface area contributed by atoms with Crippen LogP contribution < -0.4 is 0 Å². The Balaban J connectivity index is 1.71. The highest BCUT2D eigenvalue weighted by Crippen LogP contribution is 2.28. The normalized spacial score (nSPS) is 19.3. The number of hydrogen-bond donors (Lipinski definition) is 0. The zero-order valence-electron chi connectivity index (χ0n) is 12.3. The molecule has 21 heavy (non-hydrogen) atoms. The van der Waals surface area contributed by atoms with Gasteiger partial charge >= 0.3 is 0 Å². The van der Waals surface area contributed by atoms with Gasteiger partial charge in [-0.25, -0.2) is 4.39 Å². The van der Waals surface area contributed by atoms with Gasteiger partial charge in [-0.15, -0.1) is 0 Å². The van der Waals surface area contributed by atoms with Gasteiger partial charge in [0.05, 0.1) is 0 Å². The van der Waals surface area contributed by atoms with Crippen molar-refractivity contribution in [2.75, 3.05) is 13.1 Å². The molecule has 1 aliphatic rings. The van der Waals surface area contributed by atoms with Crippen molar-refractivity contribution in [1.29, 1.82) is 0 Å². The van der Waals surface area contributed by atoms with Crippen LogP contribution in [0.25, 0.3) is 5.57 Å². The van der Waals surface area contributed by atoms with Crippen molar-refractivity contribution in [2.24, 2.45) is 5.92 Å². The largest absolute Gasteiger partial charge is 0.295 e. The minimum atomic E-state index is -0.173. The molecule has 108 valence electrons. The van der Waals surface area contributed by atoms with Gasteiger partial charge in [-0.2, -0.15) is 0 Å². The van der Waals surface area contributed by atoms with Crippen LogP contribution in [-0.4, -0.2) is 18.0 Å². The van der Waals surface area contributed by atoms with Crippen LogP contribution in [0.15, 0.2) is 60.7 Å². The maximum Gasteiger partial charge on any atom is 0.123 e. The molecule has 2 aromatic rings. The minimum Gasteiger partial charge on any atom is -0.295 e. The summed E-state index contributed by atoms with van der Waals surface area (Å²) >= 11 is 0. The van der Waals surface area contributed by atoms with Crippen LogP contribution in [0.4, 0.5) is 4.39 Å². The van der Waals surface area contributed by atoms with Gasteiger partial charge in [-0.05, 0) is 34.8 Å². The third-order valence-electron chi connectivity index (χ3n) is 4.06. The van der Waals surface area contributed by atoms with Crippen LogP contribution in [-0.2, 0) is 6.54 Å². The molecule has 0 spiro atoms. The third-order valence-corrected chi connectivity index (χ3v) is 4.06. The quantitative estimate of drug-likeness (QED) is 0.808. The van der Waals surface area contributed by atoms with E-state index in [9.17, 15) is 4.39 Å². The van der Waals surface area contributed by atoms with Crippen LogP contribution in [0.5, 0.6) is 0 Å². The Labute approximate surface area is 125 Å². The molecule has 0 fully saturated rings. The Hall–Kier alpha value is -1.93. The minimum absolute atomic E-state index is 0.173. The van der Waals surface area contributed by atoms with E-state index >= 15 is 0 Å². The fourth-order valence-electron chi connectivity index (χ4n) is 3.00. The third kappa shape index (κ3) is 3.40. The first kappa shape index (κ1) is 14.0. The summed E-state index contributed by atoms with van der Waals surface area (Å²) in [6, 6.07) is 17.4. The number of rotatable bonds is 3. The van der Waals surface area contributed by atoms with Crippen molar-refractivity contribution >= 4 is 5.57 Å². The molecule has 3 rings (SSSR count). The lowest BCUT2D eigenvalue weighted by Crippen LogP contribution is -2.32. The van der Waals surface area contributed by atoms with Gasteiger partial charge in [0.15, 0.2) is 0 Å². The van der Waals surface area contributed by atoms with Crippen molar-refractivity contribution in [3.8, 4) is 0 Å². The Bertz CT molecular complexity index is 616. The Morgan fingerprint density at radius 3 is 2.43 bits per heavy atom. The van der Waals surface area contributed by atoms with Gasteiger partial charge in [0.1, 0.15) is 5.82 Å². The van der Waals surface area contributed by atoms with E-state index < -0.39 is 0 Å². The van der Waals surface area contributed by atoms with Crippen LogP contribution in [0, 0.1) is 11.7 Å². The number of benzene rings is 2. The highest BCUT2D eigenvalue weighted by Gasteiger charge is 2.20. The second-order valence-corrected chi connectivity index (χ2v) is 5.75. The maximum absolute atomic E-state index is 13.0. The van der Waals surface area contributed by atoms with Crippen molar-refractivity contribution in [2.45, 2.75) is 13.5 Å². The molecule has 1 nitrogen and oxygen atoms in total. The van der Waals surface area contributed by atoms with Crippen molar-refractivity contribution in [3.05, 3.63) is 77.6 Å². The van der Waals surface area contributed by atoms with Crippen LogP contribution in [0.2, 0.25) is 0 Å². The molecule has 0 aromatic heterocycles. The predicted molar refractivity (Wildman–Crippen MR) is 85.3 cm³/mol. The lowest BCUT2D eigenvalue weighted by atomic mass is 9.90. The zero-order chi connectivity index (χ0) is 14.7. The van der Waals surface area contributed by atoms with Gasteiger partial charge in [-0.1, -0.05) is 55.5 Å². The molecule has 0 saturated heterocycles. The topological polar surface area (TPSA) is 3.24 Å². The molecule has 1 aliphatic heterocycles. The molecule has 0 amide bonds. The summed E-state index contributed by atoms with van der Waals surface area (Å²) in [5.41, 5.74) is 3.82. The number of nitrogens with zero attached hydrogens (tertiary/aromatic N) is 1. The monoisotopic (exact) mass is 281 g/mol. The van der Waals surface area contributed by atoms with Crippen molar-refractivity contribution < 1.29 is 4.39 Å². The summed E-state index contributed by atoms with van der Waals surface area (Å²) in [4.78, 5) is 2.45. The highest BCUT2D eigenvalue weighted by atomic mass is 19.1. The van der Waals surface area contributed by atoms with Crippen LogP contribution in [0.1, 0.15) is 18.1 Å². The molecule has 0 radical (unpaired) electrons. The summed E-state index contributed by atoms with van der Waals surface area (Å²) in [5, 5.41) is 0. The second kappa shape index (κ2) is 6.23. The van der Waals surface area contributed by atoms with Gasteiger partial charge in [-0.3, -0.25) is 4.90 Å². The average molecular weight is 281 g/mol. The zero-order valence-corrected chi connectivity index (χ0v) is 12.3. The molecular formula is C19H20FN. The molecule has 1 atom stereocenters. The van der Waals surface area contributed by atoms with Crippen molar-refractivity contribution in [1.82, 2.24) is 4.90 Å². The SMILES string of the molecule is C[C@@H]1CN(Cc2ccccc2)CC=C1c1ccc(F)cc1. The first-order valence-electron chi connectivity index (χ1n) is 7.44. The summed E-state index contributed by atoms with van der Waals surface area (Å²) in [6.45, 7) is 5.22. The predicted octanol–water partition coefficient (Wildman–Crippen LogP) is 4.36. The number of hydrogen-bond acceptors (Lipinski definition) is 1. The molecule has 0 unspecified atom stereocenters. The van der Waals surface area contributed by atoms with E-state index in [1.165, 1.54) is 11.1 Å². The maximum atomic E-state index is 13.0. The van der Waals surface area contributed by atoms with Crippen LogP contribution in [0.3, 0.4) is 0 Å². The second-order valence-electron chi connectivity index (χ2n) is 5.75. The lowest BCUT2D eigenvalue weighted by molar-refractivity contribution is 0.263. The Morgan fingerprint density at radius 1 is 1.05 bits per heavy atom. The summed E-state index contributed by atoms with van der Waals surface area (Å²) < 4.78 is 13.0. The van der Waals surface area contributed by atoms with Crippen LogP contribution >= 0.6 is 0 Å². The molecular weight excluding hydrogens is 261 g/mol. The average Bonchev–Trinajstić information content (AvgIpc) is 2.50. The molecule has 0 bridgehead atoms. The molecule has 0 N–H and O–H groups in total. The van der Waals surface area contributed by atoms with E-state index in [1.807, 2.05) is 12.1 Å². The smallest absolute Gasteiger partial charge is 0.123 e. The lowest BCUT2D eigenvalue weighted by Gasteiger charge is -2.31. The fourth-order valence-corrected chi connectivity index (χ4v) is 3.00. The molecule has 1 heterocycles. The first-order chi connectivity index (χ1) is 10.2. The fraction of sp³-hybridized carbons (Fsp3) is 0.263. The summed E-state index contributed by atoms with van der Waals surface area (Å²) in [5.74, 6) is 0.293. The van der Waals surface area contributed by atoms with Gasteiger partial charge in [0.25, 0.3) is 0 Å². The van der Waals surface area contributed by atoms with Gasteiger partial charge in [0.2, 0.25) is 0 Å².